The van der Waals surface area contributed by atoms with E-state index in [2.05, 4.69) is 11.0 Å². The predicted octanol–water partition coefficient (Wildman–Crippen LogP) is 3.40. The number of nitriles is 1. The zero-order chi connectivity index (χ0) is 18.2. The van der Waals surface area contributed by atoms with Gasteiger partial charge in [-0.1, -0.05) is 30.3 Å². The van der Waals surface area contributed by atoms with Crippen LogP contribution < -0.4 is 4.90 Å². The molecule has 0 radical (unpaired) electrons. The number of benzene rings is 2. The maximum absolute atomic E-state index is 10.0. The van der Waals surface area contributed by atoms with Crippen LogP contribution in [0.3, 0.4) is 0 Å². The summed E-state index contributed by atoms with van der Waals surface area (Å²) < 4.78 is 11.4. The maximum atomic E-state index is 10.0. The zero-order valence-corrected chi connectivity index (χ0v) is 14.6. The summed E-state index contributed by atoms with van der Waals surface area (Å²) in [6, 6.07) is 19.0. The number of nitrogens with zero attached hydrogens (tertiary/aromatic N) is 2. The van der Waals surface area contributed by atoms with Crippen molar-refractivity contribution in [2.45, 2.75) is 18.6 Å². The van der Waals surface area contributed by atoms with Crippen molar-refractivity contribution in [3.63, 3.8) is 0 Å². The Morgan fingerprint density at radius 1 is 0.962 bits per heavy atom. The van der Waals surface area contributed by atoms with Crippen molar-refractivity contribution in [1.82, 2.24) is 0 Å². The van der Waals surface area contributed by atoms with Crippen LogP contribution in [0.1, 0.15) is 28.8 Å². The fourth-order valence-electron chi connectivity index (χ4n) is 3.17. The number of hydrogen-bond acceptors (Lipinski definition) is 5. The number of piperidine rings is 1. The van der Waals surface area contributed by atoms with Gasteiger partial charge in [-0.3, -0.25) is 4.79 Å². The van der Waals surface area contributed by atoms with E-state index in [9.17, 15) is 4.79 Å². The smallest absolute Gasteiger partial charge is 0.171 e. The van der Waals surface area contributed by atoms with Crippen molar-refractivity contribution in [3.8, 4) is 6.07 Å². The first-order chi connectivity index (χ1) is 12.7. The first kappa shape index (κ1) is 18.1. The number of rotatable bonds is 2. The quantitative estimate of drug-likeness (QED) is 0.777. The van der Waals surface area contributed by atoms with Gasteiger partial charge in [-0.25, -0.2) is 0 Å². The van der Waals surface area contributed by atoms with Crippen molar-refractivity contribution in [3.05, 3.63) is 65.7 Å². The maximum Gasteiger partial charge on any atom is 0.171 e. The molecule has 2 aliphatic rings. The average Bonchev–Trinajstić information content (AvgIpc) is 3.18. The average molecular weight is 350 g/mol. The number of ether oxygens (including phenoxy) is 2. The molecule has 5 nitrogen and oxygen atoms in total. The Kier molecular flexibility index (Phi) is 6.00. The van der Waals surface area contributed by atoms with Gasteiger partial charge in [0, 0.05) is 37.2 Å². The van der Waals surface area contributed by atoms with Gasteiger partial charge in [-0.2, -0.15) is 5.26 Å². The Morgan fingerprint density at radius 3 is 2.08 bits per heavy atom. The van der Waals surface area contributed by atoms with Gasteiger partial charge >= 0.3 is 0 Å². The van der Waals surface area contributed by atoms with Gasteiger partial charge in [0.2, 0.25) is 0 Å². The molecule has 0 unspecified atom stereocenters. The van der Waals surface area contributed by atoms with E-state index in [-0.39, 0.29) is 5.79 Å². The summed E-state index contributed by atoms with van der Waals surface area (Å²) in [6.07, 6.45) is 2.65. The summed E-state index contributed by atoms with van der Waals surface area (Å²) in [6.45, 7) is 3.31. The summed E-state index contributed by atoms with van der Waals surface area (Å²) in [7, 11) is 0. The zero-order valence-electron chi connectivity index (χ0n) is 14.6. The van der Waals surface area contributed by atoms with Crippen molar-refractivity contribution in [2.75, 3.05) is 31.2 Å². The molecule has 2 fully saturated rings. The number of carbonyl (C=O) groups excluding carboxylic acids is 1. The summed E-state index contributed by atoms with van der Waals surface area (Å²) in [5.74, 6) is -0.316. The van der Waals surface area contributed by atoms with Crippen LogP contribution in [0.4, 0.5) is 5.69 Å². The van der Waals surface area contributed by atoms with Crippen molar-refractivity contribution in [1.29, 1.82) is 5.26 Å². The minimum Gasteiger partial charge on any atom is -0.371 e. The summed E-state index contributed by atoms with van der Waals surface area (Å²) in [4.78, 5) is 12.3. The van der Waals surface area contributed by atoms with Crippen LogP contribution in [-0.2, 0) is 9.47 Å². The molecule has 0 N–H and O–H groups in total. The Bertz CT molecular complexity index is 737. The van der Waals surface area contributed by atoms with Crippen LogP contribution in [0.2, 0.25) is 0 Å². The standard InChI is InChI=1S/C14H16N2O2.C7H6O/c15-11-12-1-3-13(4-2-12)16-7-5-14(6-8-16)17-9-10-18-14;8-6-7-4-2-1-3-5-7/h1-4H,5-10H2;1-6H. The van der Waals surface area contributed by atoms with Crippen LogP contribution in [-0.4, -0.2) is 38.4 Å². The molecule has 26 heavy (non-hydrogen) atoms. The highest BCUT2D eigenvalue weighted by Crippen LogP contribution is 2.33. The van der Waals surface area contributed by atoms with Crippen molar-refractivity contribution >= 4 is 12.0 Å². The second-order valence-electron chi connectivity index (χ2n) is 6.28. The molecule has 0 aromatic heterocycles. The molecule has 0 saturated carbocycles. The highest BCUT2D eigenvalue weighted by atomic mass is 16.7. The van der Waals surface area contributed by atoms with Crippen LogP contribution in [0, 0.1) is 11.3 Å². The predicted molar refractivity (Wildman–Crippen MR) is 99.1 cm³/mol. The first-order valence-corrected chi connectivity index (χ1v) is 8.78. The van der Waals surface area contributed by atoms with E-state index in [1.54, 1.807) is 12.1 Å². The van der Waals surface area contributed by atoms with Crippen LogP contribution in [0.5, 0.6) is 0 Å². The Morgan fingerprint density at radius 2 is 1.58 bits per heavy atom. The third-order valence-corrected chi connectivity index (χ3v) is 4.64. The van der Waals surface area contributed by atoms with Gasteiger partial charge in [0.1, 0.15) is 6.29 Å². The number of anilines is 1. The van der Waals surface area contributed by atoms with Gasteiger partial charge < -0.3 is 14.4 Å². The van der Waals surface area contributed by atoms with Gasteiger partial charge in [0.05, 0.1) is 24.8 Å². The third-order valence-electron chi connectivity index (χ3n) is 4.64. The lowest BCUT2D eigenvalue weighted by molar-refractivity contribution is -0.169. The summed E-state index contributed by atoms with van der Waals surface area (Å²) >= 11 is 0. The molecule has 1 spiro atoms. The molecule has 2 heterocycles. The van der Waals surface area contributed by atoms with Gasteiger partial charge in [0.15, 0.2) is 5.79 Å². The Labute approximate surface area is 153 Å². The van der Waals surface area contributed by atoms with E-state index < -0.39 is 0 Å². The first-order valence-electron chi connectivity index (χ1n) is 8.78. The van der Waals surface area contributed by atoms with Gasteiger partial charge in [0.25, 0.3) is 0 Å². The lowest BCUT2D eigenvalue weighted by atomic mass is 10.0. The molecule has 0 aliphatic carbocycles. The highest BCUT2D eigenvalue weighted by molar-refractivity contribution is 5.74. The fourth-order valence-corrected chi connectivity index (χ4v) is 3.17. The topological polar surface area (TPSA) is 62.6 Å². The monoisotopic (exact) mass is 350 g/mol. The highest BCUT2D eigenvalue weighted by Gasteiger charge is 2.39. The second kappa shape index (κ2) is 8.61. The number of carbonyl (C=O) groups is 1. The molecule has 0 bridgehead atoms. The lowest BCUT2D eigenvalue weighted by Gasteiger charge is -2.38. The van der Waals surface area contributed by atoms with E-state index in [0.29, 0.717) is 5.56 Å². The van der Waals surface area contributed by atoms with Gasteiger partial charge in [-0.15, -0.1) is 0 Å². The molecule has 2 aliphatic heterocycles. The molecule has 0 atom stereocenters. The molecule has 2 aromatic rings. The molecular formula is C21H22N2O3. The summed E-state index contributed by atoms with van der Waals surface area (Å²) in [5.41, 5.74) is 2.60. The van der Waals surface area contributed by atoms with E-state index >= 15 is 0 Å². The molecule has 5 heteroatoms. The second-order valence-corrected chi connectivity index (χ2v) is 6.28. The molecule has 134 valence electrons. The lowest BCUT2D eigenvalue weighted by Crippen LogP contribution is -2.45. The minimum atomic E-state index is -0.316. The van der Waals surface area contributed by atoms with E-state index in [4.69, 9.17) is 14.7 Å². The summed E-state index contributed by atoms with van der Waals surface area (Å²) in [5, 5.41) is 8.78. The molecule has 2 saturated heterocycles. The molecule has 4 rings (SSSR count). The van der Waals surface area contributed by atoms with E-state index in [0.717, 1.165) is 51.0 Å². The molecule has 0 amide bonds. The van der Waals surface area contributed by atoms with E-state index in [1.807, 2.05) is 42.5 Å². The molecule has 2 aromatic carbocycles. The third kappa shape index (κ3) is 4.48. The SMILES string of the molecule is N#Cc1ccc(N2CCC3(CC2)OCCO3)cc1.O=Cc1ccccc1. The minimum absolute atomic E-state index is 0.316. The molecular weight excluding hydrogens is 328 g/mol. The fraction of sp³-hybridized carbons (Fsp3) is 0.333. The Balaban J connectivity index is 0.000000206. The number of aldehydes is 1. The largest absolute Gasteiger partial charge is 0.371 e. The van der Waals surface area contributed by atoms with Crippen molar-refractivity contribution in [2.24, 2.45) is 0 Å². The van der Waals surface area contributed by atoms with Crippen LogP contribution in [0.25, 0.3) is 0 Å². The van der Waals surface area contributed by atoms with Gasteiger partial charge in [-0.05, 0) is 24.3 Å². The normalized spacial score (nSPS) is 17.9. The van der Waals surface area contributed by atoms with Crippen molar-refractivity contribution < 1.29 is 14.3 Å². The number of hydrogen-bond donors (Lipinski definition) is 0. The van der Waals surface area contributed by atoms with Crippen LogP contribution >= 0.6 is 0 Å². The van der Waals surface area contributed by atoms with E-state index in [1.165, 1.54) is 5.69 Å². The Hall–Kier alpha value is -2.68. The van der Waals surface area contributed by atoms with Crippen LogP contribution in [0.15, 0.2) is 54.6 Å².